The van der Waals surface area contributed by atoms with Gasteiger partial charge in [0.2, 0.25) is 5.95 Å². The molecule has 0 bridgehead atoms. The summed E-state index contributed by atoms with van der Waals surface area (Å²) in [7, 11) is 1.32. The zero-order chi connectivity index (χ0) is 9.14. The molecule has 1 N–H and O–H groups in total. The van der Waals surface area contributed by atoms with E-state index in [1.807, 2.05) is 0 Å². The zero-order valence-electron chi connectivity index (χ0n) is 6.24. The lowest BCUT2D eigenvalue weighted by Crippen LogP contribution is -2.02. The van der Waals surface area contributed by atoms with Gasteiger partial charge < -0.3 is 9.84 Å². The molecule has 0 aliphatic rings. The van der Waals surface area contributed by atoms with Gasteiger partial charge in [-0.25, -0.2) is 9.78 Å². The highest BCUT2D eigenvalue weighted by Gasteiger charge is 2.08. The fourth-order valence-electron chi connectivity index (χ4n) is 0.701. The standard InChI is InChI=1S/C7H6FNO3/c1-12-4-2-5(7(10)11)9-6(8)3-4/h2-3H,1H3,(H,10,11). The second kappa shape index (κ2) is 3.17. The van der Waals surface area contributed by atoms with Gasteiger partial charge in [-0.05, 0) is 0 Å². The van der Waals surface area contributed by atoms with Crippen molar-refractivity contribution >= 4 is 5.97 Å². The summed E-state index contributed by atoms with van der Waals surface area (Å²) in [6.45, 7) is 0. The molecule has 64 valence electrons. The lowest BCUT2D eigenvalue weighted by Gasteiger charge is -1.99. The maximum Gasteiger partial charge on any atom is 0.354 e. The first-order valence-corrected chi connectivity index (χ1v) is 3.08. The Morgan fingerprint density at radius 2 is 2.33 bits per heavy atom. The van der Waals surface area contributed by atoms with Crippen molar-refractivity contribution < 1.29 is 19.0 Å². The number of carboxylic acid groups (broad SMARTS) is 1. The molecule has 0 radical (unpaired) electrons. The zero-order valence-corrected chi connectivity index (χ0v) is 6.24. The summed E-state index contributed by atoms with van der Waals surface area (Å²) in [5.74, 6) is -2.01. The number of hydrogen-bond acceptors (Lipinski definition) is 3. The summed E-state index contributed by atoms with van der Waals surface area (Å²) in [5.41, 5.74) is -0.369. The average molecular weight is 171 g/mol. The predicted molar refractivity (Wildman–Crippen MR) is 37.7 cm³/mol. The molecule has 1 aromatic heterocycles. The van der Waals surface area contributed by atoms with Crippen LogP contribution in [0.25, 0.3) is 0 Å². The number of carbonyl (C=O) groups is 1. The molecule has 0 atom stereocenters. The number of methoxy groups -OCH3 is 1. The van der Waals surface area contributed by atoms with E-state index in [2.05, 4.69) is 9.72 Å². The molecule has 1 rings (SSSR count). The molecule has 0 saturated carbocycles. The first-order valence-electron chi connectivity index (χ1n) is 3.08. The van der Waals surface area contributed by atoms with Crippen molar-refractivity contribution in [2.24, 2.45) is 0 Å². The molecule has 12 heavy (non-hydrogen) atoms. The highest BCUT2D eigenvalue weighted by atomic mass is 19.1. The highest BCUT2D eigenvalue weighted by Crippen LogP contribution is 2.12. The van der Waals surface area contributed by atoms with Gasteiger partial charge in [-0.2, -0.15) is 4.39 Å². The number of rotatable bonds is 2. The van der Waals surface area contributed by atoms with Gasteiger partial charge in [-0.1, -0.05) is 0 Å². The van der Waals surface area contributed by atoms with Crippen LogP contribution in [0, 0.1) is 5.95 Å². The van der Waals surface area contributed by atoms with Crippen molar-refractivity contribution in [2.75, 3.05) is 7.11 Å². The van der Waals surface area contributed by atoms with Gasteiger partial charge in [0.05, 0.1) is 7.11 Å². The lowest BCUT2D eigenvalue weighted by molar-refractivity contribution is 0.0688. The van der Waals surface area contributed by atoms with Crippen LogP contribution in [0.1, 0.15) is 10.5 Å². The molecule has 0 amide bonds. The molecule has 0 spiro atoms. The van der Waals surface area contributed by atoms with Gasteiger partial charge in [0.25, 0.3) is 0 Å². The second-order valence-corrected chi connectivity index (χ2v) is 2.02. The number of aromatic carboxylic acids is 1. The van der Waals surface area contributed by atoms with E-state index >= 15 is 0 Å². The van der Waals surface area contributed by atoms with Crippen LogP contribution >= 0.6 is 0 Å². The van der Waals surface area contributed by atoms with E-state index in [0.717, 1.165) is 12.1 Å². The summed E-state index contributed by atoms with van der Waals surface area (Å²) in [4.78, 5) is 13.5. The van der Waals surface area contributed by atoms with Gasteiger partial charge in [0.1, 0.15) is 5.75 Å². The van der Waals surface area contributed by atoms with Gasteiger partial charge in [-0.15, -0.1) is 0 Å². The molecule has 0 fully saturated rings. The molecule has 0 aliphatic heterocycles. The van der Waals surface area contributed by atoms with E-state index in [0.29, 0.717) is 0 Å². The molecule has 5 heteroatoms. The Kier molecular flexibility index (Phi) is 2.23. The fourth-order valence-corrected chi connectivity index (χ4v) is 0.701. The van der Waals surface area contributed by atoms with Crippen LogP contribution in [0.2, 0.25) is 0 Å². The third-order valence-corrected chi connectivity index (χ3v) is 1.22. The molecule has 0 unspecified atom stereocenters. The topological polar surface area (TPSA) is 59.4 Å². The summed E-state index contributed by atoms with van der Waals surface area (Å²) in [5, 5.41) is 8.44. The van der Waals surface area contributed by atoms with Gasteiger partial charge in [0, 0.05) is 12.1 Å². The second-order valence-electron chi connectivity index (χ2n) is 2.02. The van der Waals surface area contributed by atoms with E-state index in [4.69, 9.17) is 5.11 Å². The molecule has 1 aromatic rings. The molecule has 0 aromatic carbocycles. The number of carboxylic acids is 1. The first kappa shape index (κ1) is 8.45. The summed E-state index contributed by atoms with van der Waals surface area (Å²) in [6, 6.07) is 2.15. The third kappa shape index (κ3) is 1.69. The van der Waals surface area contributed by atoms with Crippen LogP contribution < -0.4 is 4.74 Å². The minimum atomic E-state index is -1.28. The minimum Gasteiger partial charge on any atom is -0.497 e. The number of halogens is 1. The van der Waals surface area contributed by atoms with Crippen molar-refractivity contribution in [2.45, 2.75) is 0 Å². The van der Waals surface area contributed by atoms with Crippen LogP contribution in [0.3, 0.4) is 0 Å². The molecular weight excluding hydrogens is 165 g/mol. The Labute approximate surface area is 67.6 Å². The Bertz CT molecular complexity index is 314. The van der Waals surface area contributed by atoms with E-state index in [9.17, 15) is 9.18 Å². The van der Waals surface area contributed by atoms with Gasteiger partial charge in [0.15, 0.2) is 5.69 Å². The summed E-state index contributed by atoms with van der Waals surface area (Å²) >= 11 is 0. The Hall–Kier alpha value is -1.65. The summed E-state index contributed by atoms with van der Waals surface area (Å²) in [6.07, 6.45) is 0. The fraction of sp³-hybridized carbons (Fsp3) is 0.143. The van der Waals surface area contributed by atoms with Crippen LogP contribution in [0.5, 0.6) is 5.75 Å². The molecule has 1 heterocycles. The van der Waals surface area contributed by atoms with Crippen LogP contribution in [-0.4, -0.2) is 23.2 Å². The number of aromatic nitrogens is 1. The quantitative estimate of drug-likeness (QED) is 0.672. The monoisotopic (exact) mass is 171 g/mol. The van der Waals surface area contributed by atoms with Gasteiger partial charge in [-0.3, -0.25) is 0 Å². The molecule has 0 saturated heterocycles. The minimum absolute atomic E-state index is 0.139. The van der Waals surface area contributed by atoms with E-state index in [-0.39, 0.29) is 11.4 Å². The average Bonchev–Trinajstić information content (AvgIpc) is 2.03. The van der Waals surface area contributed by atoms with Crippen molar-refractivity contribution in [1.82, 2.24) is 4.98 Å². The molecule has 0 aliphatic carbocycles. The van der Waals surface area contributed by atoms with Crippen LogP contribution in [-0.2, 0) is 0 Å². The Morgan fingerprint density at radius 3 is 2.83 bits per heavy atom. The van der Waals surface area contributed by atoms with Crippen molar-refractivity contribution in [3.8, 4) is 5.75 Å². The smallest absolute Gasteiger partial charge is 0.354 e. The first-order chi connectivity index (χ1) is 5.63. The van der Waals surface area contributed by atoms with Crippen molar-refractivity contribution in [1.29, 1.82) is 0 Å². The van der Waals surface area contributed by atoms with E-state index in [1.54, 1.807) is 0 Å². The van der Waals surface area contributed by atoms with Crippen molar-refractivity contribution in [3.05, 3.63) is 23.8 Å². The largest absolute Gasteiger partial charge is 0.497 e. The van der Waals surface area contributed by atoms with Gasteiger partial charge >= 0.3 is 5.97 Å². The normalized spacial score (nSPS) is 9.50. The summed E-state index contributed by atoms with van der Waals surface area (Å²) < 4.78 is 17.2. The number of hydrogen-bond donors (Lipinski definition) is 1. The van der Waals surface area contributed by atoms with Crippen LogP contribution in [0.15, 0.2) is 12.1 Å². The maximum atomic E-state index is 12.5. The highest BCUT2D eigenvalue weighted by molar-refractivity contribution is 5.85. The molecule has 4 nitrogen and oxygen atoms in total. The maximum absolute atomic E-state index is 12.5. The third-order valence-electron chi connectivity index (χ3n) is 1.22. The van der Waals surface area contributed by atoms with E-state index < -0.39 is 11.9 Å². The molecular formula is C7H6FNO3. The van der Waals surface area contributed by atoms with Crippen molar-refractivity contribution in [3.63, 3.8) is 0 Å². The Morgan fingerprint density at radius 1 is 1.67 bits per heavy atom. The SMILES string of the molecule is COc1cc(F)nc(C(=O)O)c1. The number of pyridine rings is 1. The van der Waals surface area contributed by atoms with E-state index in [1.165, 1.54) is 7.11 Å². The van der Waals surface area contributed by atoms with Crippen LogP contribution in [0.4, 0.5) is 4.39 Å². The Balaban J connectivity index is 3.15. The lowest BCUT2D eigenvalue weighted by atomic mass is 10.3. The predicted octanol–water partition coefficient (Wildman–Crippen LogP) is 0.927. The number of nitrogens with zero attached hydrogens (tertiary/aromatic N) is 1. The number of ether oxygens (including phenoxy) is 1.